The van der Waals surface area contributed by atoms with Gasteiger partial charge in [-0.1, -0.05) is 37.1 Å². The van der Waals surface area contributed by atoms with Gasteiger partial charge in [-0.2, -0.15) is 0 Å². The van der Waals surface area contributed by atoms with Gasteiger partial charge in [-0.3, -0.25) is 34.4 Å². The molecule has 290 valence electrons. The monoisotopic (exact) mass is 755 g/mol. The summed E-state index contributed by atoms with van der Waals surface area (Å²) in [6, 6.07) is 23.8. The van der Waals surface area contributed by atoms with Crippen molar-refractivity contribution < 1.29 is 24.3 Å². The summed E-state index contributed by atoms with van der Waals surface area (Å²) < 4.78 is 0. The summed E-state index contributed by atoms with van der Waals surface area (Å²) in [6.07, 6.45) is 9.28. The molecule has 12 nitrogen and oxygen atoms in total. The summed E-state index contributed by atoms with van der Waals surface area (Å²) >= 11 is 0. The predicted octanol–water partition coefficient (Wildman–Crippen LogP) is 5.86. The highest BCUT2D eigenvalue weighted by atomic mass is 16.3. The summed E-state index contributed by atoms with van der Waals surface area (Å²) in [5.74, 6) is -0.579. The van der Waals surface area contributed by atoms with Gasteiger partial charge < -0.3 is 26.0 Å². The molecule has 0 bridgehead atoms. The van der Waals surface area contributed by atoms with E-state index in [1.165, 1.54) is 11.1 Å². The lowest BCUT2D eigenvalue weighted by Gasteiger charge is -2.39. The Bertz CT molecular complexity index is 2110. The minimum Gasteiger partial charge on any atom is -0.394 e. The van der Waals surface area contributed by atoms with Crippen LogP contribution in [0.25, 0.3) is 11.1 Å². The number of rotatable bonds is 14. The molecule has 5 N–H and O–H groups in total. The number of hydrogen-bond acceptors (Lipinski definition) is 9. The van der Waals surface area contributed by atoms with Gasteiger partial charge in [0.2, 0.25) is 17.7 Å². The molecule has 0 radical (unpaired) electrons. The first-order valence-corrected chi connectivity index (χ1v) is 19.9. The highest BCUT2D eigenvalue weighted by Gasteiger charge is 2.44. The van der Waals surface area contributed by atoms with E-state index in [-0.39, 0.29) is 42.8 Å². The van der Waals surface area contributed by atoms with Gasteiger partial charge in [0.1, 0.15) is 6.04 Å². The number of amides is 4. The first-order chi connectivity index (χ1) is 27.4. The molecular formula is C44H49N7O5. The summed E-state index contributed by atoms with van der Waals surface area (Å²) in [5, 5.41) is 22.8. The quantitative estimate of drug-likeness (QED) is 0.0786. The van der Waals surface area contributed by atoms with E-state index in [0.29, 0.717) is 30.9 Å². The number of benzene rings is 3. The largest absolute Gasteiger partial charge is 0.394 e. The molecule has 0 aliphatic carbocycles. The highest BCUT2D eigenvalue weighted by molar-refractivity contribution is 6.06. The van der Waals surface area contributed by atoms with Crippen molar-refractivity contribution in [2.75, 3.05) is 35.6 Å². The second-order valence-corrected chi connectivity index (χ2v) is 15.4. The van der Waals surface area contributed by atoms with Crippen LogP contribution in [0.2, 0.25) is 0 Å². The van der Waals surface area contributed by atoms with Gasteiger partial charge in [0.05, 0.1) is 12.6 Å². The normalized spacial score (nSPS) is 21.5. The first-order valence-electron chi connectivity index (χ1n) is 19.9. The average Bonchev–Trinajstić information content (AvgIpc) is 3.78. The number of pyridine rings is 1. The smallest absolute Gasteiger partial charge is 0.255 e. The molecule has 4 aromatic rings. The van der Waals surface area contributed by atoms with Gasteiger partial charge in [-0.25, -0.2) is 0 Å². The van der Waals surface area contributed by atoms with Crippen molar-refractivity contribution in [2.45, 2.75) is 82.6 Å². The molecule has 5 heterocycles. The SMILES string of the molecule is O=C1CCC(N2Cc3c(NCCCCCCC(=O)Nc4cccc(-c5ccc6c(c5)[C@H]5[C@H](CCN5Cc5ccncc5)[C@@H](CO)N6)c4)cccc3C2=O)C(=O)N1. The molecule has 0 saturated carbocycles. The molecular weight excluding hydrogens is 707 g/mol. The van der Waals surface area contributed by atoms with Crippen LogP contribution in [-0.2, 0) is 27.5 Å². The predicted molar refractivity (Wildman–Crippen MR) is 215 cm³/mol. The molecule has 3 aromatic carbocycles. The van der Waals surface area contributed by atoms with Crippen LogP contribution in [-0.4, -0.2) is 75.3 Å². The first kappa shape index (κ1) is 37.3. The highest BCUT2D eigenvalue weighted by Crippen LogP contribution is 2.48. The number of unbranched alkanes of at least 4 members (excludes halogenated alkanes) is 3. The van der Waals surface area contributed by atoms with Crippen molar-refractivity contribution in [2.24, 2.45) is 5.92 Å². The number of aliphatic hydroxyl groups excluding tert-OH is 1. The van der Waals surface area contributed by atoms with Crippen LogP contribution in [0.4, 0.5) is 17.1 Å². The van der Waals surface area contributed by atoms with Crippen molar-refractivity contribution in [3.63, 3.8) is 0 Å². The van der Waals surface area contributed by atoms with Crippen LogP contribution in [0, 0.1) is 5.92 Å². The number of aromatic nitrogens is 1. The Balaban J connectivity index is 0.812. The van der Waals surface area contributed by atoms with Gasteiger partial charge in [0.25, 0.3) is 5.91 Å². The van der Waals surface area contributed by atoms with Crippen molar-refractivity contribution in [3.8, 4) is 11.1 Å². The minimum atomic E-state index is -0.633. The van der Waals surface area contributed by atoms with Gasteiger partial charge in [-0.15, -0.1) is 0 Å². The zero-order chi connectivity index (χ0) is 38.6. The van der Waals surface area contributed by atoms with Crippen LogP contribution in [0.1, 0.15) is 84.5 Å². The van der Waals surface area contributed by atoms with Gasteiger partial charge >= 0.3 is 0 Å². The second kappa shape index (κ2) is 16.6. The van der Waals surface area contributed by atoms with E-state index in [4.69, 9.17) is 0 Å². The van der Waals surface area contributed by atoms with Gasteiger partial charge in [0, 0.05) is 85.0 Å². The number of piperidine rings is 1. The molecule has 4 aliphatic rings. The Kier molecular flexibility index (Phi) is 11.1. The molecule has 1 aromatic heterocycles. The Hall–Kier alpha value is -5.59. The number of aliphatic hydroxyl groups is 1. The van der Waals surface area contributed by atoms with Crippen LogP contribution >= 0.6 is 0 Å². The maximum atomic E-state index is 13.1. The van der Waals surface area contributed by atoms with Crippen molar-refractivity contribution in [1.82, 2.24) is 20.1 Å². The third kappa shape index (κ3) is 7.89. The molecule has 0 spiro atoms. The molecule has 12 heteroatoms. The Morgan fingerprint density at radius 1 is 0.911 bits per heavy atom. The van der Waals surface area contributed by atoms with Crippen molar-refractivity contribution >= 4 is 40.7 Å². The summed E-state index contributed by atoms with van der Waals surface area (Å²) in [6.45, 7) is 2.96. The number of carbonyl (C=O) groups excluding carboxylic acids is 4. The van der Waals surface area contributed by atoms with Gasteiger partial charge in [-0.05, 0) is 103 Å². The van der Waals surface area contributed by atoms with Crippen molar-refractivity contribution in [1.29, 1.82) is 0 Å². The maximum absolute atomic E-state index is 13.1. The standard InChI is InChI=1S/C44H49N7O5/c52-27-38-33-18-22-50(25-28-16-20-45-21-17-28)42(33)34-24-30(12-13-37(34)48-38)29-7-5-8-31(23-29)47-40(53)11-3-1-2-4-19-46-36-10-6-9-32-35(36)26-51(44(32)56)39-14-15-41(54)49-43(39)55/h5-10,12-13,16-17,20-21,23-24,33,38-39,42,46,48,52H,1-4,11,14-15,18-19,22,25-27H2,(H,47,53)(H,49,54,55)/t33-,38-,39?,42-/m1/s1. The fourth-order valence-corrected chi connectivity index (χ4v) is 8.98. The lowest BCUT2D eigenvalue weighted by Crippen LogP contribution is -2.52. The lowest BCUT2D eigenvalue weighted by atomic mass is 9.82. The number of nitrogens with one attached hydrogen (secondary N) is 4. The van der Waals surface area contributed by atoms with E-state index >= 15 is 0 Å². The zero-order valence-electron chi connectivity index (χ0n) is 31.5. The molecule has 1 unspecified atom stereocenters. The number of fused-ring (bicyclic) bond motifs is 4. The minimum absolute atomic E-state index is 0.00408. The van der Waals surface area contributed by atoms with E-state index in [9.17, 15) is 24.3 Å². The third-order valence-corrected chi connectivity index (χ3v) is 11.8. The van der Waals surface area contributed by atoms with E-state index < -0.39 is 11.9 Å². The lowest BCUT2D eigenvalue weighted by molar-refractivity contribution is -0.137. The van der Waals surface area contributed by atoms with Gasteiger partial charge in [0.15, 0.2) is 0 Å². The van der Waals surface area contributed by atoms with Crippen LogP contribution < -0.4 is 21.3 Å². The molecule has 4 amide bonds. The third-order valence-electron chi connectivity index (χ3n) is 11.8. The van der Waals surface area contributed by atoms with E-state index in [0.717, 1.165) is 85.5 Å². The van der Waals surface area contributed by atoms with Crippen LogP contribution in [0.3, 0.4) is 0 Å². The molecule has 8 rings (SSSR count). The topological polar surface area (TPSA) is 156 Å². The van der Waals surface area contributed by atoms with E-state index in [1.807, 2.05) is 42.7 Å². The van der Waals surface area contributed by atoms with E-state index in [2.05, 4.69) is 67.5 Å². The molecule has 2 fully saturated rings. The van der Waals surface area contributed by atoms with Crippen LogP contribution in [0.15, 0.2) is 85.2 Å². The number of imide groups is 1. The number of anilines is 3. The number of nitrogens with zero attached hydrogens (tertiary/aromatic N) is 3. The summed E-state index contributed by atoms with van der Waals surface area (Å²) in [5.41, 5.74) is 8.80. The number of hydrogen-bond donors (Lipinski definition) is 5. The average molecular weight is 756 g/mol. The fourth-order valence-electron chi connectivity index (χ4n) is 8.98. The van der Waals surface area contributed by atoms with Crippen LogP contribution in [0.5, 0.6) is 0 Å². The number of likely N-dealkylation sites (tertiary alicyclic amines) is 1. The zero-order valence-corrected chi connectivity index (χ0v) is 31.5. The molecule has 2 saturated heterocycles. The van der Waals surface area contributed by atoms with E-state index in [1.54, 1.807) is 11.0 Å². The molecule has 4 aliphatic heterocycles. The Morgan fingerprint density at radius 3 is 2.57 bits per heavy atom. The summed E-state index contributed by atoms with van der Waals surface area (Å²) in [7, 11) is 0. The van der Waals surface area contributed by atoms with Crippen molar-refractivity contribution in [3.05, 3.63) is 107 Å². The molecule has 4 atom stereocenters. The maximum Gasteiger partial charge on any atom is 0.255 e. The fraction of sp³-hybridized carbons (Fsp3) is 0.386. The molecule has 56 heavy (non-hydrogen) atoms. The Morgan fingerprint density at radius 2 is 1.73 bits per heavy atom. The second-order valence-electron chi connectivity index (χ2n) is 15.4. The Labute approximate surface area is 327 Å². The summed E-state index contributed by atoms with van der Waals surface area (Å²) in [4.78, 5) is 58.4. The number of carbonyl (C=O) groups is 4.